The lowest BCUT2D eigenvalue weighted by molar-refractivity contribution is -0.140. The Balaban J connectivity index is 2.55. The summed E-state index contributed by atoms with van der Waals surface area (Å²) in [5.74, 6) is 0.479. The lowest BCUT2D eigenvalue weighted by Gasteiger charge is -2.15. The summed E-state index contributed by atoms with van der Waals surface area (Å²) in [6, 6.07) is 7.63. The fourth-order valence-electron chi connectivity index (χ4n) is 1.41. The molecule has 1 unspecified atom stereocenters. The molecule has 0 spiro atoms. The molecule has 0 fully saturated rings. The van der Waals surface area contributed by atoms with Gasteiger partial charge in [-0.25, -0.2) is 0 Å². The summed E-state index contributed by atoms with van der Waals surface area (Å²) in [5.41, 5.74) is 6.75. The van der Waals surface area contributed by atoms with Crippen molar-refractivity contribution in [3.63, 3.8) is 0 Å². The van der Waals surface area contributed by atoms with Crippen molar-refractivity contribution in [2.24, 2.45) is 5.73 Å². The van der Waals surface area contributed by atoms with Crippen molar-refractivity contribution in [2.75, 3.05) is 19.4 Å². The second kappa shape index (κ2) is 7.58. The Kier molecular flexibility index (Phi) is 6.40. The van der Waals surface area contributed by atoms with Gasteiger partial charge in [-0.1, -0.05) is 29.8 Å². The molecule has 0 heterocycles. The number of thioether (sulfide) groups is 1. The molecule has 1 aromatic rings. The molecule has 1 aromatic carbocycles. The highest BCUT2D eigenvalue weighted by atomic mass is 35.5. The number of methoxy groups -OCH3 is 1. The average Bonchev–Trinajstić information content (AvgIpc) is 2.35. The van der Waals surface area contributed by atoms with Crippen molar-refractivity contribution in [1.82, 2.24) is 0 Å². The second-order valence-corrected chi connectivity index (χ2v) is 5.16. The molecule has 0 aliphatic heterocycles. The van der Waals surface area contributed by atoms with Crippen molar-refractivity contribution in [2.45, 2.75) is 11.7 Å². The molecule has 3 nitrogen and oxygen atoms in total. The van der Waals surface area contributed by atoms with E-state index >= 15 is 0 Å². The van der Waals surface area contributed by atoms with Crippen LogP contribution in [0.3, 0.4) is 0 Å². The summed E-state index contributed by atoms with van der Waals surface area (Å²) in [6.07, 6.45) is 0.391. The van der Waals surface area contributed by atoms with Crippen molar-refractivity contribution >= 4 is 29.3 Å². The van der Waals surface area contributed by atoms with Crippen LogP contribution in [0.1, 0.15) is 17.2 Å². The molecule has 17 heavy (non-hydrogen) atoms. The van der Waals surface area contributed by atoms with Crippen molar-refractivity contribution < 1.29 is 9.53 Å². The van der Waals surface area contributed by atoms with E-state index in [0.717, 1.165) is 5.56 Å². The summed E-state index contributed by atoms with van der Waals surface area (Å²) in [5, 5.41) is 0.835. The first kappa shape index (κ1) is 14.4. The molecular weight excluding hydrogens is 258 g/mol. The molecule has 1 rings (SSSR count). The van der Waals surface area contributed by atoms with E-state index in [1.54, 1.807) is 11.8 Å². The molecule has 94 valence electrons. The highest BCUT2D eigenvalue weighted by Crippen LogP contribution is 2.32. The highest BCUT2D eigenvalue weighted by molar-refractivity contribution is 7.99. The predicted octanol–water partition coefficient (Wildman–Crippen LogP) is 2.64. The first-order chi connectivity index (χ1) is 8.19. The molecule has 1 atom stereocenters. The maximum atomic E-state index is 11.0. The van der Waals surface area contributed by atoms with Crippen LogP contribution in [0, 0.1) is 0 Å². The molecule has 0 aromatic heterocycles. The van der Waals surface area contributed by atoms with Gasteiger partial charge in [0.05, 0.1) is 13.5 Å². The number of halogens is 1. The number of hydrogen-bond donors (Lipinski definition) is 1. The third kappa shape index (κ3) is 4.58. The molecule has 0 bridgehead atoms. The van der Waals surface area contributed by atoms with Gasteiger partial charge in [0.1, 0.15) is 0 Å². The van der Waals surface area contributed by atoms with Gasteiger partial charge in [0.25, 0.3) is 0 Å². The van der Waals surface area contributed by atoms with Crippen LogP contribution in [0.4, 0.5) is 0 Å². The average molecular weight is 274 g/mol. The van der Waals surface area contributed by atoms with E-state index in [1.165, 1.54) is 7.11 Å². The number of hydrogen-bond acceptors (Lipinski definition) is 4. The number of ether oxygens (including phenoxy) is 1. The normalized spacial score (nSPS) is 12.2. The summed E-state index contributed by atoms with van der Waals surface area (Å²) in [4.78, 5) is 11.0. The minimum absolute atomic E-state index is 0.119. The molecule has 0 aliphatic carbocycles. The van der Waals surface area contributed by atoms with Gasteiger partial charge >= 0.3 is 5.97 Å². The summed E-state index contributed by atoms with van der Waals surface area (Å²) in [6.45, 7) is 0.496. The van der Waals surface area contributed by atoms with E-state index in [2.05, 4.69) is 4.74 Å². The van der Waals surface area contributed by atoms with E-state index in [-0.39, 0.29) is 11.2 Å². The lowest BCUT2D eigenvalue weighted by atomic mass is 10.1. The Morgan fingerprint density at radius 3 is 2.82 bits per heavy atom. The number of esters is 1. The summed E-state index contributed by atoms with van der Waals surface area (Å²) >= 11 is 7.73. The van der Waals surface area contributed by atoms with Gasteiger partial charge in [0, 0.05) is 22.6 Å². The first-order valence-corrected chi connectivity index (χ1v) is 6.74. The van der Waals surface area contributed by atoms with Crippen molar-refractivity contribution in [3.05, 3.63) is 34.9 Å². The van der Waals surface area contributed by atoms with E-state index in [1.807, 2.05) is 24.3 Å². The van der Waals surface area contributed by atoms with E-state index in [0.29, 0.717) is 23.7 Å². The Morgan fingerprint density at radius 1 is 1.53 bits per heavy atom. The van der Waals surface area contributed by atoms with Crippen LogP contribution < -0.4 is 5.73 Å². The molecule has 0 radical (unpaired) electrons. The monoisotopic (exact) mass is 273 g/mol. The largest absolute Gasteiger partial charge is 0.469 e. The fraction of sp³-hybridized carbons (Fsp3) is 0.417. The zero-order valence-corrected chi connectivity index (χ0v) is 11.3. The maximum Gasteiger partial charge on any atom is 0.306 e. The number of benzene rings is 1. The Hall–Kier alpha value is -0.710. The SMILES string of the molecule is COC(=O)CCSC(CN)c1ccccc1Cl. The zero-order chi connectivity index (χ0) is 12.7. The third-order valence-corrected chi connectivity index (χ3v) is 3.95. The fourth-order valence-corrected chi connectivity index (χ4v) is 2.83. The summed E-state index contributed by atoms with van der Waals surface area (Å²) in [7, 11) is 1.39. The van der Waals surface area contributed by atoms with Crippen LogP contribution in [-0.4, -0.2) is 25.4 Å². The minimum atomic E-state index is -0.201. The van der Waals surface area contributed by atoms with Gasteiger partial charge in [-0.2, -0.15) is 11.8 Å². The smallest absolute Gasteiger partial charge is 0.306 e. The standard InChI is InChI=1S/C12H16ClNO2S/c1-16-12(15)6-7-17-11(8-14)9-4-2-3-5-10(9)13/h2-5,11H,6-8,14H2,1H3. The third-order valence-electron chi connectivity index (χ3n) is 2.32. The molecular formula is C12H16ClNO2S. The van der Waals surface area contributed by atoms with Crippen LogP contribution in [-0.2, 0) is 9.53 Å². The molecule has 0 saturated heterocycles. The van der Waals surface area contributed by atoms with Gasteiger partial charge in [-0.3, -0.25) is 4.79 Å². The van der Waals surface area contributed by atoms with Gasteiger partial charge in [-0.05, 0) is 11.6 Å². The summed E-state index contributed by atoms with van der Waals surface area (Å²) < 4.78 is 4.59. The van der Waals surface area contributed by atoms with Crippen molar-refractivity contribution in [3.8, 4) is 0 Å². The van der Waals surface area contributed by atoms with Gasteiger partial charge in [0.15, 0.2) is 0 Å². The van der Waals surface area contributed by atoms with Crippen LogP contribution >= 0.6 is 23.4 Å². The van der Waals surface area contributed by atoms with Crippen molar-refractivity contribution in [1.29, 1.82) is 0 Å². The lowest BCUT2D eigenvalue weighted by Crippen LogP contribution is -2.11. The number of rotatable bonds is 6. The van der Waals surface area contributed by atoms with Gasteiger partial charge in [0.2, 0.25) is 0 Å². The topological polar surface area (TPSA) is 52.3 Å². The van der Waals surface area contributed by atoms with Crippen LogP contribution in [0.25, 0.3) is 0 Å². The highest BCUT2D eigenvalue weighted by Gasteiger charge is 2.13. The molecule has 2 N–H and O–H groups in total. The van der Waals surface area contributed by atoms with Crippen LogP contribution in [0.5, 0.6) is 0 Å². The van der Waals surface area contributed by atoms with E-state index in [4.69, 9.17) is 17.3 Å². The minimum Gasteiger partial charge on any atom is -0.469 e. The Labute approximate surface area is 111 Å². The van der Waals surface area contributed by atoms with Crippen LogP contribution in [0.2, 0.25) is 5.02 Å². The molecule has 0 aliphatic rings. The van der Waals surface area contributed by atoms with E-state index < -0.39 is 0 Å². The van der Waals surface area contributed by atoms with Gasteiger partial charge < -0.3 is 10.5 Å². The number of carbonyl (C=O) groups excluding carboxylic acids is 1. The molecule has 0 amide bonds. The predicted molar refractivity (Wildman–Crippen MR) is 72.3 cm³/mol. The van der Waals surface area contributed by atoms with Gasteiger partial charge in [-0.15, -0.1) is 0 Å². The number of carbonyl (C=O) groups is 1. The molecule has 5 heteroatoms. The van der Waals surface area contributed by atoms with Crippen LogP contribution in [0.15, 0.2) is 24.3 Å². The molecule has 0 saturated carbocycles. The maximum absolute atomic E-state index is 11.0. The quantitative estimate of drug-likeness (QED) is 0.810. The van der Waals surface area contributed by atoms with E-state index in [9.17, 15) is 4.79 Å². The Bertz CT molecular complexity index is 373. The first-order valence-electron chi connectivity index (χ1n) is 5.32. The zero-order valence-electron chi connectivity index (χ0n) is 9.69. The Morgan fingerprint density at radius 2 is 2.24 bits per heavy atom. The number of nitrogens with two attached hydrogens (primary N) is 1. The second-order valence-electron chi connectivity index (χ2n) is 3.44.